The molecule has 1 aliphatic rings. The van der Waals surface area contributed by atoms with E-state index >= 15 is 0 Å². The monoisotopic (exact) mass is 440 g/mol. The Morgan fingerprint density at radius 2 is 1.94 bits per heavy atom. The van der Waals surface area contributed by atoms with Gasteiger partial charge in [0.15, 0.2) is 5.65 Å². The lowest BCUT2D eigenvalue weighted by molar-refractivity contribution is -0.144. The summed E-state index contributed by atoms with van der Waals surface area (Å²) in [7, 11) is 0. The molecule has 2 heterocycles. The zero-order valence-electron chi connectivity index (χ0n) is 16.2. The van der Waals surface area contributed by atoms with Crippen molar-refractivity contribution in [2.45, 2.75) is 43.9 Å². The molecule has 31 heavy (non-hydrogen) atoms. The number of fused-ring (bicyclic) bond motifs is 1. The van der Waals surface area contributed by atoms with Crippen molar-refractivity contribution in [1.29, 1.82) is 0 Å². The minimum atomic E-state index is -4.52. The fourth-order valence-corrected chi connectivity index (χ4v) is 3.92. The Labute approximate surface area is 172 Å². The van der Waals surface area contributed by atoms with E-state index in [4.69, 9.17) is 0 Å². The zero-order chi connectivity index (χ0) is 22.6. The number of alkyl halides is 5. The highest BCUT2D eigenvalue weighted by atomic mass is 19.4. The number of amides is 1. The lowest BCUT2D eigenvalue weighted by Crippen LogP contribution is -2.60. The standard InChI is InChI=1S/C20H17F5N4O2/c1-18(9-19(21,22)10-18)28-15(30)8-29-14-6-12(7-26-16(14)27-17(29)31)11-3-2-4-13(5-11)20(23,24)25/h2-7H,8-10H2,1H3,(H,28,30)(H,26,27,31). The van der Waals surface area contributed by atoms with E-state index in [1.54, 1.807) is 0 Å². The number of nitrogens with one attached hydrogen (secondary N) is 2. The third-order valence-corrected chi connectivity index (χ3v) is 5.19. The average Bonchev–Trinajstić information content (AvgIpc) is 2.93. The molecule has 11 heteroatoms. The highest BCUT2D eigenvalue weighted by Crippen LogP contribution is 2.45. The number of benzene rings is 1. The molecule has 2 aromatic heterocycles. The number of carbonyl (C=O) groups is 1. The number of hydrogen-bond acceptors (Lipinski definition) is 3. The van der Waals surface area contributed by atoms with Crippen molar-refractivity contribution in [2.75, 3.05) is 0 Å². The van der Waals surface area contributed by atoms with Crippen LogP contribution in [-0.4, -0.2) is 31.9 Å². The quantitative estimate of drug-likeness (QED) is 0.607. The van der Waals surface area contributed by atoms with E-state index < -0.39 is 54.2 Å². The number of aromatic amines is 1. The van der Waals surface area contributed by atoms with Crippen LogP contribution in [0.1, 0.15) is 25.3 Å². The molecule has 0 aliphatic heterocycles. The topological polar surface area (TPSA) is 79.8 Å². The molecule has 6 nitrogen and oxygen atoms in total. The zero-order valence-corrected chi connectivity index (χ0v) is 16.2. The predicted octanol–water partition coefficient (Wildman–Crippen LogP) is 3.71. The molecule has 2 N–H and O–H groups in total. The Kier molecular flexibility index (Phi) is 4.67. The number of hydrogen-bond donors (Lipinski definition) is 2. The molecule has 1 amide bonds. The van der Waals surface area contributed by atoms with Crippen molar-refractivity contribution < 1.29 is 26.7 Å². The van der Waals surface area contributed by atoms with Crippen LogP contribution in [0.2, 0.25) is 0 Å². The van der Waals surface area contributed by atoms with Crippen molar-refractivity contribution in [3.8, 4) is 11.1 Å². The van der Waals surface area contributed by atoms with Gasteiger partial charge >= 0.3 is 11.9 Å². The van der Waals surface area contributed by atoms with E-state index in [-0.39, 0.29) is 16.7 Å². The second-order valence-corrected chi connectivity index (χ2v) is 8.00. The predicted molar refractivity (Wildman–Crippen MR) is 102 cm³/mol. The van der Waals surface area contributed by atoms with Crippen LogP contribution in [0, 0.1) is 0 Å². The molecule has 164 valence electrons. The summed E-state index contributed by atoms with van der Waals surface area (Å²) >= 11 is 0. The summed E-state index contributed by atoms with van der Waals surface area (Å²) in [5, 5.41) is 2.51. The molecule has 0 spiro atoms. The lowest BCUT2D eigenvalue weighted by atomic mass is 9.75. The number of imidazole rings is 1. The van der Waals surface area contributed by atoms with Gasteiger partial charge in [-0.25, -0.2) is 18.6 Å². The molecular formula is C20H17F5N4O2. The van der Waals surface area contributed by atoms with Crippen molar-refractivity contribution in [1.82, 2.24) is 19.9 Å². The summed E-state index contributed by atoms with van der Waals surface area (Å²) in [4.78, 5) is 31.2. The van der Waals surface area contributed by atoms with E-state index in [9.17, 15) is 31.5 Å². The smallest absolute Gasteiger partial charge is 0.349 e. The minimum absolute atomic E-state index is 0.148. The summed E-state index contributed by atoms with van der Waals surface area (Å²) in [6.07, 6.45) is -4.18. The number of pyridine rings is 1. The molecule has 4 rings (SSSR count). The molecule has 1 fully saturated rings. The molecule has 0 radical (unpaired) electrons. The molecule has 3 aromatic rings. The van der Waals surface area contributed by atoms with Gasteiger partial charge in [-0.05, 0) is 30.7 Å². The second-order valence-electron chi connectivity index (χ2n) is 8.00. The van der Waals surface area contributed by atoms with Crippen LogP contribution >= 0.6 is 0 Å². The fraction of sp³-hybridized carbons (Fsp3) is 0.350. The Morgan fingerprint density at radius 3 is 2.58 bits per heavy atom. The summed E-state index contributed by atoms with van der Waals surface area (Å²) < 4.78 is 66.4. The van der Waals surface area contributed by atoms with Crippen LogP contribution in [0.5, 0.6) is 0 Å². The first kappa shape index (κ1) is 21.0. The number of H-pyrrole nitrogens is 1. The van der Waals surface area contributed by atoms with Crippen molar-refractivity contribution in [3.63, 3.8) is 0 Å². The van der Waals surface area contributed by atoms with Crippen LogP contribution in [0.3, 0.4) is 0 Å². The van der Waals surface area contributed by atoms with Crippen molar-refractivity contribution >= 4 is 17.1 Å². The third kappa shape index (κ3) is 4.17. The molecule has 0 saturated heterocycles. The van der Waals surface area contributed by atoms with Crippen LogP contribution in [0.15, 0.2) is 41.3 Å². The Balaban J connectivity index is 1.63. The highest BCUT2D eigenvalue weighted by molar-refractivity contribution is 5.82. The number of carbonyl (C=O) groups excluding carboxylic acids is 1. The molecule has 0 unspecified atom stereocenters. The number of halogens is 5. The summed E-state index contributed by atoms with van der Waals surface area (Å²) in [6, 6.07) is 6.08. The van der Waals surface area contributed by atoms with E-state index in [1.165, 1.54) is 31.3 Å². The van der Waals surface area contributed by atoms with Crippen LogP contribution in [-0.2, 0) is 17.5 Å². The van der Waals surface area contributed by atoms with Crippen LogP contribution in [0.4, 0.5) is 22.0 Å². The van der Waals surface area contributed by atoms with E-state index in [0.717, 1.165) is 16.7 Å². The summed E-state index contributed by atoms with van der Waals surface area (Å²) in [6.45, 7) is 1.04. The van der Waals surface area contributed by atoms with E-state index in [2.05, 4.69) is 15.3 Å². The van der Waals surface area contributed by atoms with Gasteiger partial charge in [-0.3, -0.25) is 14.3 Å². The van der Waals surface area contributed by atoms with Gasteiger partial charge in [0.1, 0.15) is 6.54 Å². The third-order valence-electron chi connectivity index (χ3n) is 5.19. The first-order valence-electron chi connectivity index (χ1n) is 9.30. The van der Waals surface area contributed by atoms with Crippen molar-refractivity contribution in [2.24, 2.45) is 0 Å². The number of nitrogens with zero attached hydrogens (tertiary/aromatic N) is 2. The summed E-state index contributed by atoms with van der Waals surface area (Å²) in [5.41, 5.74) is -1.63. The Morgan fingerprint density at radius 1 is 1.23 bits per heavy atom. The van der Waals surface area contributed by atoms with Gasteiger partial charge in [-0.15, -0.1) is 0 Å². The molecular weight excluding hydrogens is 423 g/mol. The van der Waals surface area contributed by atoms with Gasteiger partial charge in [-0.2, -0.15) is 13.2 Å². The SMILES string of the molecule is CC1(NC(=O)Cn2c(=O)[nH]c3ncc(-c4cccc(C(F)(F)F)c4)cc32)CC(F)(F)C1. The first-order chi connectivity index (χ1) is 14.4. The summed E-state index contributed by atoms with van der Waals surface area (Å²) in [5.74, 6) is -3.46. The first-order valence-corrected chi connectivity index (χ1v) is 9.30. The van der Waals surface area contributed by atoms with E-state index in [1.807, 2.05) is 0 Å². The minimum Gasteiger partial charge on any atom is -0.349 e. The van der Waals surface area contributed by atoms with Gasteiger partial charge in [0.2, 0.25) is 5.91 Å². The van der Waals surface area contributed by atoms with Gasteiger partial charge in [0, 0.05) is 30.1 Å². The van der Waals surface area contributed by atoms with Crippen molar-refractivity contribution in [3.05, 3.63) is 52.6 Å². The largest absolute Gasteiger partial charge is 0.416 e. The maximum absolute atomic E-state index is 13.2. The Bertz CT molecular complexity index is 1220. The Hall–Kier alpha value is -3.24. The fourth-order valence-electron chi connectivity index (χ4n) is 3.92. The molecule has 1 aliphatic carbocycles. The second kappa shape index (κ2) is 6.89. The maximum Gasteiger partial charge on any atom is 0.416 e. The highest BCUT2D eigenvalue weighted by Gasteiger charge is 2.54. The number of rotatable bonds is 4. The van der Waals surface area contributed by atoms with Gasteiger partial charge in [0.05, 0.1) is 11.1 Å². The van der Waals surface area contributed by atoms with Gasteiger partial charge < -0.3 is 5.32 Å². The average molecular weight is 440 g/mol. The molecule has 0 atom stereocenters. The lowest BCUT2D eigenvalue weighted by Gasteiger charge is -2.45. The normalized spacial score (nSPS) is 17.4. The molecule has 1 aromatic carbocycles. The maximum atomic E-state index is 13.2. The number of aromatic nitrogens is 3. The van der Waals surface area contributed by atoms with E-state index in [0.29, 0.717) is 5.56 Å². The molecule has 1 saturated carbocycles. The van der Waals surface area contributed by atoms with Gasteiger partial charge in [0.25, 0.3) is 5.92 Å². The van der Waals surface area contributed by atoms with Crippen LogP contribution in [0.25, 0.3) is 22.3 Å². The van der Waals surface area contributed by atoms with Crippen LogP contribution < -0.4 is 11.0 Å². The van der Waals surface area contributed by atoms with Gasteiger partial charge in [-0.1, -0.05) is 12.1 Å². The molecule has 0 bridgehead atoms.